The maximum absolute atomic E-state index is 5.50. The van der Waals surface area contributed by atoms with Crippen LogP contribution >= 0.6 is 0 Å². The largest absolute Gasteiger partial charge is 0.454 e. The number of nitrogens with zero attached hydrogens (tertiary/aromatic N) is 4. The second-order valence-electron chi connectivity index (χ2n) is 6.30. The molecular weight excluding hydrogens is 318 g/mol. The lowest BCUT2D eigenvalue weighted by Gasteiger charge is -2.38. The van der Waals surface area contributed by atoms with E-state index in [-0.39, 0.29) is 0 Å². The molecular formula is C18H23N5O2. The molecule has 7 heteroatoms. The Hall–Kier alpha value is -2.54. The van der Waals surface area contributed by atoms with Gasteiger partial charge in [-0.25, -0.2) is 4.98 Å². The molecule has 0 saturated carbocycles. The molecule has 4 rings (SSSR count). The van der Waals surface area contributed by atoms with Gasteiger partial charge in [0.25, 0.3) is 0 Å². The second kappa shape index (κ2) is 6.76. The van der Waals surface area contributed by atoms with Gasteiger partial charge in [0.2, 0.25) is 12.7 Å². The number of rotatable bonds is 4. The van der Waals surface area contributed by atoms with E-state index in [2.05, 4.69) is 44.1 Å². The zero-order valence-corrected chi connectivity index (χ0v) is 14.6. The number of hydrogen-bond donors (Lipinski definition) is 1. The Bertz CT molecular complexity index is 746. The Balaban J connectivity index is 1.41. The number of hydrogen-bond acceptors (Lipinski definition) is 7. The molecule has 2 aromatic rings. The van der Waals surface area contributed by atoms with Crippen molar-refractivity contribution in [2.24, 2.45) is 0 Å². The van der Waals surface area contributed by atoms with Crippen molar-refractivity contribution in [1.82, 2.24) is 14.9 Å². The van der Waals surface area contributed by atoms with Gasteiger partial charge in [0, 0.05) is 45.5 Å². The predicted molar refractivity (Wildman–Crippen MR) is 96.3 cm³/mol. The van der Waals surface area contributed by atoms with Gasteiger partial charge in [-0.2, -0.15) is 4.98 Å². The zero-order chi connectivity index (χ0) is 17.2. The summed E-state index contributed by atoms with van der Waals surface area (Å²) in [7, 11) is 1.84. The van der Waals surface area contributed by atoms with Gasteiger partial charge in [-0.1, -0.05) is 6.07 Å². The molecule has 25 heavy (non-hydrogen) atoms. The minimum atomic E-state index is 0.319. The normalized spacial score (nSPS) is 18.2. The number of benzene rings is 1. The van der Waals surface area contributed by atoms with E-state index in [9.17, 15) is 0 Å². The quantitative estimate of drug-likeness (QED) is 0.914. The molecule has 0 aliphatic carbocycles. The molecule has 2 aliphatic heterocycles. The molecule has 1 aromatic heterocycles. The molecule has 2 aliphatic rings. The monoisotopic (exact) mass is 341 g/mol. The summed E-state index contributed by atoms with van der Waals surface area (Å²) in [5.41, 5.74) is 1.26. The van der Waals surface area contributed by atoms with E-state index in [1.54, 1.807) is 6.20 Å². The van der Waals surface area contributed by atoms with Gasteiger partial charge in [0.1, 0.15) is 5.82 Å². The molecule has 0 bridgehead atoms. The van der Waals surface area contributed by atoms with Crippen LogP contribution in [0.1, 0.15) is 18.5 Å². The number of aromatic nitrogens is 2. The van der Waals surface area contributed by atoms with Crippen molar-refractivity contribution in [3.05, 3.63) is 36.0 Å². The van der Waals surface area contributed by atoms with Crippen molar-refractivity contribution >= 4 is 11.8 Å². The van der Waals surface area contributed by atoms with E-state index in [0.717, 1.165) is 43.5 Å². The van der Waals surface area contributed by atoms with Crippen LogP contribution in [0.15, 0.2) is 30.5 Å². The lowest BCUT2D eigenvalue weighted by molar-refractivity contribution is 0.173. The maximum atomic E-state index is 5.50. The summed E-state index contributed by atoms with van der Waals surface area (Å²) in [6.45, 7) is 6.46. The number of piperazine rings is 1. The molecule has 0 spiro atoms. The number of anilines is 2. The Kier molecular flexibility index (Phi) is 4.31. The highest BCUT2D eigenvalue weighted by atomic mass is 16.7. The first-order valence-corrected chi connectivity index (χ1v) is 8.64. The lowest BCUT2D eigenvalue weighted by Crippen LogP contribution is -2.47. The molecule has 1 atom stereocenters. The number of fused-ring (bicyclic) bond motifs is 1. The van der Waals surface area contributed by atoms with Crippen LogP contribution in [0.4, 0.5) is 11.8 Å². The van der Waals surface area contributed by atoms with Crippen LogP contribution < -0.4 is 19.7 Å². The van der Waals surface area contributed by atoms with Gasteiger partial charge in [0.15, 0.2) is 11.5 Å². The highest BCUT2D eigenvalue weighted by Crippen LogP contribution is 2.35. The Labute approximate surface area is 147 Å². The molecule has 1 unspecified atom stereocenters. The Morgan fingerprint density at radius 2 is 1.88 bits per heavy atom. The van der Waals surface area contributed by atoms with E-state index >= 15 is 0 Å². The summed E-state index contributed by atoms with van der Waals surface area (Å²) in [6, 6.07) is 8.55. The number of nitrogens with one attached hydrogen (secondary N) is 1. The predicted octanol–water partition coefficient (Wildman–Crippen LogP) is 2.13. The van der Waals surface area contributed by atoms with Crippen LogP contribution in [0.25, 0.3) is 0 Å². The SMILES string of the molecule is CNc1nccc(N2CCN(C(C)c3ccc4c(c3)OCO4)CC2)n1. The summed E-state index contributed by atoms with van der Waals surface area (Å²) in [6.07, 6.45) is 1.80. The van der Waals surface area contributed by atoms with Crippen LogP contribution in [0.5, 0.6) is 11.5 Å². The highest BCUT2D eigenvalue weighted by Gasteiger charge is 2.24. The van der Waals surface area contributed by atoms with E-state index in [0.29, 0.717) is 18.8 Å². The van der Waals surface area contributed by atoms with Gasteiger partial charge in [-0.3, -0.25) is 4.90 Å². The Morgan fingerprint density at radius 1 is 1.08 bits per heavy atom. The van der Waals surface area contributed by atoms with Crippen molar-refractivity contribution in [3.63, 3.8) is 0 Å². The molecule has 1 aromatic carbocycles. The molecule has 132 valence electrons. The van der Waals surface area contributed by atoms with Crippen molar-refractivity contribution < 1.29 is 9.47 Å². The topological polar surface area (TPSA) is 62.8 Å². The summed E-state index contributed by atoms with van der Waals surface area (Å²) >= 11 is 0. The third-order valence-electron chi connectivity index (χ3n) is 4.93. The fraction of sp³-hybridized carbons (Fsp3) is 0.444. The summed E-state index contributed by atoms with van der Waals surface area (Å²) < 4.78 is 10.9. The van der Waals surface area contributed by atoms with Crippen molar-refractivity contribution in [2.45, 2.75) is 13.0 Å². The lowest BCUT2D eigenvalue weighted by atomic mass is 10.1. The van der Waals surface area contributed by atoms with Crippen LogP contribution in [-0.4, -0.2) is 54.9 Å². The highest BCUT2D eigenvalue weighted by molar-refractivity contribution is 5.45. The summed E-state index contributed by atoms with van der Waals surface area (Å²) in [5.74, 6) is 3.33. The fourth-order valence-corrected chi connectivity index (χ4v) is 3.37. The van der Waals surface area contributed by atoms with E-state index in [1.165, 1.54) is 5.56 Å². The van der Waals surface area contributed by atoms with Crippen LogP contribution in [0.3, 0.4) is 0 Å². The molecule has 3 heterocycles. The van der Waals surface area contributed by atoms with Gasteiger partial charge in [0.05, 0.1) is 0 Å². The maximum Gasteiger partial charge on any atom is 0.231 e. The average molecular weight is 341 g/mol. The van der Waals surface area contributed by atoms with Crippen LogP contribution in [-0.2, 0) is 0 Å². The Morgan fingerprint density at radius 3 is 2.68 bits per heavy atom. The van der Waals surface area contributed by atoms with Crippen molar-refractivity contribution in [3.8, 4) is 11.5 Å². The van der Waals surface area contributed by atoms with Gasteiger partial charge in [-0.15, -0.1) is 0 Å². The van der Waals surface area contributed by atoms with E-state index in [1.807, 2.05) is 19.2 Å². The minimum Gasteiger partial charge on any atom is -0.454 e. The standard InChI is InChI=1S/C18H23N5O2/c1-13(14-3-4-15-16(11-14)25-12-24-15)22-7-9-23(10-8-22)17-5-6-20-18(19-2)21-17/h3-6,11,13H,7-10,12H2,1-2H3,(H,19,20,21). The molecule has 1 N–H and O–H groups in total. The molecule has 7 nitrogen and oxygen atoms in total. The van der Waals surface area contributed by atoms with Gasteiger partial charge in [-0.05, 0) is 30.7 Å². The molecule has 1 saturated heterocycles. The van der Waals surface area contributed by atoms with Crippen LogP contribution in [0.2, 0.25) is 0 Å². The first-order chi connectivity index (χ1) is 12.2. The van der Waals surface area contributed by atoms with Crippen LogP contribution in [0, 0.1) is 0 Å². The third-order valence-corrected chi connectivity index (χ3v) is 4.93. The zero-order valence-electron chi connectivity index (χ0n) is 14.6. The van der Waals surface area contributed by atoms with E-state index in [4.69, 9.17) is 9.47 Å². The van der Waals surface area contributed by atoms with Crippen molar-refractivity contribution in [2.75, 3.05) is 50.2 Å². The fourth-order valence-electron chi connectivity index (χ4n) is 3.37. The van der Waals surface area contributed by atoms with Crippen molar-refractivity contribution in [1.29, 1.82) is 0 Å². The van der Waals surface area contributed by atoms with Gasteiger partial charge < -0.3 is 19.7 Å². The molecule has 0 amide bonds. The summed E-state index contributed by atoms with van der Waals surface area (Å²) in [5, 5.41) is 2.99. The third kappa shape index (κ3) is 3.19. The molecule has 1 fully saturated rings. The van der Waals surface area contributed by atoms with Gasteiger partial charge >= 0.3 is 0 Å². The van der Waals surface area contributed by atoms with E-state index < -0.39 is 0 Å². The summed E-state index contributed by atoms with van der Waals surface area (Å²) in [4.78, 5) is 13.5. The average Bonchev–Trinajstić information content (AvgIpc) is 3.15. The smallest absolute Gasteiger partial charge is 0.231 e. The number of ether oxygens (including phenoxy) is 2. The minimum absolute atomic E-state index is 0.319. The first kappa shape index (κ1) is 16.0. The first-order valence-electron chi connectivity index (χ1n) is 8.64. The molecule has 0 radical (unpaired) electrons. The second-order valence-corrected chi connectivity index (χ2v) is 6.30.